The highest BCUT2D eigenvalue weighted by Crippen LogP contribution is 2.20. The maximum Gasteiger partial charge on any atom is 0.316 e. The molecule has 8 heteroatoms. The summed E-state index contributed by atoms with van der Waals surface area (Å²) < 4.78 is 6.90. The Labute approximate surface area is 200 Å². The lowest BCUT2D eigenvalue weighted by molar-refractivity contribution is -0.146. The van der Waals surface area contributed by atoms with E-state index < -0.39 is 17.7 Å². The Morgan fingerprint density at radius 2 is 1.71 bits per heavy atom. The minimum absolute atomic E-state index is 0.00251. The molecule has 0 aliphatic heterocycles. The van der Waals surface area contributed by atoms with Gasteiger partial charge in [0.15, 0.2) is 11.6 Å². The van der Waals surface area contributed by atoms with Gasteiger partial charge in [0.25, 0.3) is 0 Å². The Morgan fingerprint density at radius 3 is 2.35 bits per heavy atom. The average molecular weight is 465 g/mol. The van der Waals surface area contributed by atoms with Crippen LogP contribution in [0, 0.1) is 12.8 Å². The molecule has 0 aliphatic rings. The maximum atomic E-state index is 13.3. The van der Waals surface area contributed by atoms with E-state index in [-0.39, 0.29) is 30.9 Å². The summed E-state index contributed by atoms with van der Waals surface area (Å²) in [6.07, 6.45) is 7.16. The molecular weight excluding hydrogens is 432 g/mol. The fourth-order valence-electron chi connectivity index (χ4n) is 3.47. The third kappa shape index (κ3) is 7.16. The molecule has 0 spiro atoms. The maximum absolute atomic E-state index is 13.3. The van der Waals surface area contributed by atoms with E-state index in [1.807, 2.05) is 32.2 Å². The Kier molecular flexibility index (Phi) is 10.8. The van der Waals surface area contributed by atoms with E-state index in [4.69, 9.17) is 4.74 Å². The Balaban J connectivity index is 0.00000199. The predicted molar refractivity (Wildman–Crippen MR) is 129 cm³/mol. The summed E-state index contributed by atoms with van der Waals surface area (Å²) in [6.45, 7) is 8.19. The molecule has 3 aromatic rings. The fourth-order valence-corrected chi connectivity index (χ4v) is 3.47. The summed E-state index contributed by atoms with van der Waals surface area (Å²) in [5.74, 6) is -2.41. The number of esters is 1. The number of carbonyl (C=O) groups is 3. The molecule has 0 radical (unpaired) electrons. The van der Waals surface area contributed by atoms with E-state index in [1.54, 1.807) is 49.1 Å². The summed E-state index contributed by atoms with van der Waals surface area (Å²) in [5.41, 5.74) is 2.04. The Bertz CT molecular complexity index is 1080. The van der Waals surface area contributed by atoms with Crippen LogP contribution in [0.4, 0.5) is 0 Å². The zero-order valence-corrected chi connectivity index (χ0v) is 20.2. The summed E-state index contributed by atoms with van der Waals surface area (Å²) >= 11 is 0. The van der Waals surface area contributed by atoms with E-state index in [9.17, 15) is 14.4 Å². The number of aryl methyl sites for hydroxylation is 3. The normalized spacial score (nSPS) is 11.2. The van der Waals surface area contributed by atoms with Crippen molar-refractivity contribution in [1.82, 2.24) is 19.7 Å². The molecule has 34 heavy (non-hydrogen) atoms. The van der Waals surface area contributed by atoms with E-state index in [1.165, 1.54) is 6.20 Å². The van der Waals surface area contributed by atoms with Crippen molar-refractivity contribution in [3.05, 3.63) is 77.6 Å². The third-order valence-electron chi connectivity index (χ3n) is 5.12. The average Bonchev–Trinajstić information content (AvgIpc) is 3.38. The van der Waals surface area contributed by atoms with Crippen LogP contribution in [0.1, 0.15) is 65.7 Å². The number of pyridine rings is 2. The van der Waals surface area contributed by atoms with Gasteiger partial charge in [0, 0.05) is 37.8 Å². The van der Waals surface area contributed by atoms with Gasteiger partial charge >= 0.3 is 5.97 Å². The van der Waals surface area contributed by atoms with Gasteiger partial charge in [-0.05, 0) is 56.0 Å². The molecule has 1 atom stereocenters. The first-order valence-electron chi connectivity index (χ1n) is 11.6. The first-order valence-corrected chi connectivity index (χ1v) is 11.6. The van der Waals surface area contributed by atoms with Crippen LogP contribution in [-0.2, 0) is 22.5 Å². The summed E-state index contributed by atoms with van der Waals surface area (Å²) in [6, 6.07) is 8.94. The Hall–Kier alpha value is -3.68. The second-order valence-electron chi connectivity index (χ2n) is 7.33. The van der Waals surface area contributed by atoms with Crippen molar-refractivity contribution in [3.63, 3.8) is 0 Å². The van der Waals surface area contributed by atoms with E-state index in [0.717, 1.165) is 5.56 Å². The molecule has 3 heterocycles. The van der Waals surface area contributed by atoms with Crippen LogP contribution in [-0.4, -0.2) is 43.9 Å². The van der Waals surface area contributed by atoms with Gasteiger partial charge < -0.3 is 4.74 Å². The van der Waals surface area contributed by atoms with Gasteiger partial charge in [0.05, 0.1) is 6.61 Å². The highest BCUT2D eigenvalue weighted by Gasteiger charge is 2.32. The molecule has 0 aliphatic carbocycles. The molecule has 0 saturated heterocycles. The zero-order chi connectivity index (χ0) is 24.9. The van der Waals surface area contributed by atoms with Crippen molar-refractivity contribution in [3.8, 4) is 0 Å². The molecule has 0 saturated carbocycles. The van der Waals surface area contributed by atoms with Crippen LogP contribution in [0.5, 0.6) is 0 Å². The number of ether oxygens (including phenoxy) is 1. The topological polar surface area (TPSA) is 104 Å². The number of Topliss-reactive ketones (excluding diaryl/α,β-unsaturated/α-hetero) is 2. The molecule has 1 unspecified atom stereocenters. The van der Waals surface area contributed by atoms with Gasteiger partial charge in [0.1, 0.15) is 17.3 Å². The zero-order valence-electron chi connectivity index (χ0n) is 20.2. The molecule has 8 nitrogen and oxygen atoms in total. The fraction of sp³-hybridized carbons (Fsp3) is 0.385. The minimum atomic E-state index is -1.11. The third-order valence-corrected chi connectivity index (χ3v) is 5.12. The molecule has 180 valence electrons. The SMILES string of the molecule is CC.CCOC(=O)C(CCC(=O)c1ncccc1C)C(=O)c1ncccc1CCn1cccn1. The van der Waals surface area contributed by atoms with Crippen molar-refractivity contribution in [2.45, 2.75) is 53.5 Å². The smallest absolute Gasteiger partial charge is 0.316 e. The molecule has 0 bridgehead atoms. The summed E-state index contributed by atoms with van der Waals surface area (Å²) in [4.78, 5) is 47.0. The standard InChI is InChI=1S/C24H26N4O4.C2H6/c1-3-32-24(31)19(9-10-20(29)21-17(2)7-4-12-25-21)23(30)22-18(8-5-13-26-22)11-16-28-15-6-14-27-28;1-2/h4-8,12-15,19H,3,9-11,16H2,1-2H3;1-2H3. The lowest BCUT2D eigenvalue weighted by Crippen LogP contribution is -2.29. The van der Waals surface area contributed by atoms with Gasteiger partial charge in [-0.3, -0.25) is 29.0 Å². The molecule has 0 N–H and O–H groups in total. The molecule has 0 amide bonds. The largest absolute Gasteiger partial charge is 0.465 e. The van der Waals surface area contributed by atoms with Crippen molar-refractivity contribution in [1.29, 1.82) is 0 Å². The number of nitrogens with zero attached hydrogens (tertiary/aromatic N) is 4. The number of carbonyl (C=O) groups excluding carboxylic acids is 3. The summed E-state index contributed by atoms with van der Waals surface area (Å²) in [5, 5.41) is 4.17. The number of hydrogen-bond acceptors (Lipinski definition) is 7. The van der Waals surface area contributed by atoms with E-state index in [2.05, 4.69) is 15.1 Å². The molecule has 0 aromatic carbocycles. The van der Waals surface area contributed by atoms with Gasteiger partial charge in [-0.25, -0.2) is 0 Å². The highest BCUT2D eigenvalue weighted by molar-refractivity contribution is 6.08. The van der Waals surface area contributed by atoms with Gasteiger partial charge in [-0.1, -0.05) is 26.0 Å². The minimum Gasteiger partial charge on any atom is -0.465 e. The number of ketones is 2. The van der Waals surface area contributed by atoms with Crippen LogP contribution in [0.25, 0.3) is 0 Å². The van der Waals surface area contributed by atoms with Crippen molar-refractivity contribution in [2.75, 3.05) is 6.61 Å². The van der Waals surface area contributed by atoms with Crippen molar-refractivity contribution >= 4 is 17.5 Å². The summed E-state index contributed by atoms with van der Waals surface area (Å²) in [7, 11) is 0. The van der Waals surface area contributed by atoms with Crippen LogP contribution in [0.2, 0.25) is 0 Å². The molecule has 3 aromatic heterocycles. The lowest BCUT2D eigenvalue weighted by atomic mass is 9.91. The van der Waals surface area contributed by atoms with Crippen LogP contribution >= 0.6 is 0 Å². The molecule has 3 rings (SSSR count). The molecule has 0 fully saturated rings. The van der Waals surface area contributed by atoms with Crippen molar-refractivity contribution in [2.24, 2.45) is 5.92 Å². The first kappa shape index (κ1) is 26.6. The van der Waals surface area contributed by atoms with Crippen LogP contribution in [0.3, 0.4) is 0 Å². The monoisotopic (exact) mass is 464 g/mol. The lowest BCUT2D eigenvalue weighted by Gasteiger charge is -2.16. The predicted octanol–water partition coefficient (Wildman–Crippen LogP) is 4.28. The number of hydrogen-bond donors (Lipinski definition) is 0. The number of rotatable bonds is 11. The highest BCUT2D eigenvalue weighted by atomic mass is 16.5. The van der Waals surface area contributed by atoms with E-state index >= 15 is 0 Å². The van der Waals surface area contributed by atoms with Crippen LogP contribution < -0.4 is 0 Å². The van der Waals surface area contributed by atoms with E-state index in [0.29, 0.717) is 24.2 Å². The Morgan fingerprint density at radius 1 is 1.00 bits per heavy atom. The van der Waals surface area contributed by atoms with Gasteiger partial charge in [0.2, 0.25) is 0 Å². The van der Waals surface area contributed by atoms with Gasteiger partial charge in [-0.15, -0.1) is 0 Å². The molecular formula is C26H32N4O4. The van der Waals surface area contributed by atoms with Crippen molar-refractivity contribution < 1.29 is 19.1 Å². The van der Waals surface area contributed by atoms with Gasteiger partial charge in [-0.2, -0.15) is 5.10 Å². The second-order valence-corrected chi connectivity index (χ2v) is 7.33. The quantitative estimate of drug-likeness (QED) is 0.237. The second kappa shape index (κ2) is 13.8. The first-order chi connectivity index (χ1) is 16.5. The number of aromatic nitrogens is 4. The van der Waals surface area contributed by atoms with Crippen LogP contribution in [0.15, 0.2) is 55.1 Å².